The Morgan fingerprint density at radius 1 is 1.44 bits per heavy atom. The van der Waals surface area contributed by atoms with E-state index >= 15 is 0 Å². The minimum Gasteiger partial charge on any atom is -0.480 e. The lowest BCUT2D eigenvalue weighted by Gasteiger charge is -2.27. The van der Waals surface area contributed by atoms with Crippen molar-refractivity contribution in [2.24, 2.45) is 0 Å². The summed E-state index contributed by atoms with van der Waals surface area (Å²) in [7, 11) is 0. The molecule has 0 spiro atoms. The Balaban J connectivity index is 2.35. The summed E-state index contributed by atoms with van der Waals surface area (Å²) in [5.74, 6) is -0.871. The summed E-state index contributed by atoms with van der Waals surface area (Å²) in [6, 6.07) is 6.85. The van der Waals surface area contributed by atoms with Crippen LogP contribution in [-0.2, 0) is 4.79 Å². The molecule has 1 saturated carbocycles. The van der Waals surface area contributed by atoms with Crippen LogP contribution in [0.3, 0.4) is 0 Å². The van der Waals surface area contributed by atoms with Gasteiger partial charge in [0.2, 0.25) is 0 Å². The third kappa shape index (κ3) is 2.27. The molecule has 2 rings (SSSR count). The van der Waals surface area contributed by atoms with E-state index in [9.17, 15) is 9.90 Å². The minimum atomic E-state index is -0.962. The van der Waals surface area contributed by atoms with Crippen molar-refractivity contribution in [2.75, 3.05) is 5.32 Å². The van der Waals surface area contributed by atoms with E-state index in [1.54, 1.807) is 18.2 Å². The first-order chi connectivity index (χ1) is 8.57. The van der Waals surface area contributed by atoms with Gasteiger partial charge in [0, 0.05) is 5.02 Å². The average molecular weight is 265 g/mol. The van der Waals surface area contributed by atoms with E-state index in [1.807, 2.05) is 6.07 Å². The first-order valence-electron chi connectivity index (χ1n) is 5.79. The van der Waals surface area contributed by atoms with E-state index in [1.165, 1.54) is 0 Å². The Morgan fingerprint density at radius 3 is 2.67 bits per heavy atom. The summed E-state index contributed by atoms with van der Waals surface area (Å²) >= 11 is 5.89. The molecule has 1 aliphatic carbocycles. The molecule has 1 aromatic carbocycles. The van der Waals surface area contributed by atoms with Gasteiger partial charge < -0.3 is 10.4 Å². The van der Waals surface area contributed by atoms with Crippen molar-refractivity contribution in [2.45, 2.75) is 31.2 Å². The Kier molecular flexibility index (Phi) is 3.44. The van der Waals surface area contributed by atoms with Gasteiger partial charge >= 0.3 is 5.97 Å². The number of carbonyl (C=O) groups is 1. The molecule has 0 radical (unpaired) electrons. The second kappa shape index (κ2) is 4.87. The maximum Gasteiger partial charge on any atom is 0.329 e. The van der Waals surface area contributed by atoms with E-state index in [0.29, 0.717) is 29.1 Å². The van der Waals surface area contributed by atoms with Crippen LogP contribution in [0.15, 0.2) is 18.2 Å². The predicted octanol–water partition coefficient (Wildman–Crippen LogP) is 3.02. The summed E-state index contributed by atoms with van der Waals surface area (Å²) in [6.07, 6.45) is 2.89. The minimum absolute atomic E-state index is 0.409. The molecule has 0 bridgehead atoms. The number of benzene rings is 1. The van der Waals surface area contributed by atoms with Gasteiger partial charge in [-0.3, -0.25) is 0 Å². The van der Waals surface area contributed by atoms with Gasteiger partial charge in [-0.2, -0.15) is 5.26 Å². The molecular formula is C13H13ClN2O2. The number of nitrogens with zero attached hydrogens (tertiary/aromatic N) is 1. The third-order valence-corrected chi connectivity index (χ3v) is 3.58. The number of rotatable bonds is 3. The summed E-state index contributed by atoms with van der Waals surface area (Å²) in [6.45, 7) is 0. The highest BCUT2D eigenvalue weighted by Gasteiger charge is 2.41. The molecule has 1 aliphatic rings. The standard InChI is InChI=1S/C13H13ClN2O2/c14-10-4-3-9(8-15)11(7-10)16-13(12(17)18)5-1-2-6-13/h3-4,7,16H,1-2,5-6H2,(H,17,18). The van der Waals surface area contributed by atoms with Crippen LogP contribution in [0.4, 0.5) is 5.69 Å². The molecule has 94 valence electrons. The summed E-state index contributed by atoms with van der Waals surface area (Å²) in [4.78, 5) is 11.4. The Labute approximate surface area is 110 Å². The van der Waals surface area contributed by atoms with E-state index in [0.717, 1.165) is 12.8 Å². The van der Waals surface area contributed by atoms with Gasteiger partial charge in [-0.05, 0) is 31.0 Å². The quantitative estimate of drug-likeness (QED) is 0.880. The normalized spacial score (nSPS) is 17.1. The van der Waals surface area contributed by atoms with Gasteiger partial charge in [-0.25, -0.2) is 4.79 Å². The van der Waals surface area contributed by atoms with Gasteiger partial charge in [0.1, 0.15) is 11.6 Å². The van der Waals surface area contributed by atoms with Gasteiger partial charge in [-0.1, -0.05) is 24.4 Å². The molecule has 0 saturated heterocycles. The number of nitriles is 1. The van der Waals surface area contributed by atoms with Crippen LogP contribution in [0.1, 0.15) is 31.2 Å². The Morgan fingerprint density at radius 2 is 2.11 bits per heavy atom. The van der Waals surface area contributed by atoms with Crippen LogP contribution in [-0.4, -0.2) is 16.6 Å². The third-order valence-electron chi connectivity index (χ3n) is 3.34. The molecule has 0 aliphatic heterocycles. The Bertz CT molecular complexity index is 516. The number of anilines is 1. The van der Waals surface area contributed by atoms with Crippen LogP contribution in [0, 0.1) is 11.3 Å². The largest absolute Gasteiger partial charge is 0.480 e. The van der Waals surface area contributed by atoms with Crippen molar-refractivity contribution in [3.63, 3.8) is 0 Å². The molecule has 0 amide bonds. The SMILES string of the molecule is N#Cc1ccc(Cl)cc1NC1(C(=O)O)CCCC1. The zero-order valence-corrected chi connectivity index (χ0v) is 10.5. The molecule has 0 atom stereocenters. The fourth-order valence-corrected chi connectivity index (χ4v) is 2.52. The van der Waals surface area contributed by atoms with Crippen molar-refractivity contribution < 1.29 is 9.90 Å². The molecular weight excluding hydrogens is 252 g/mol. The predicted molar refractivity (Wildman–Crippen MR) is 68.6 cm³/mol. The van der Waals surface area contributed by atoms with Crippen LogP contribution < -0.4 is 5.32 Å². The lowest BCUT2D eigenvalue weighted by Crippen LogP contribution is -2.43. The number of carboxylic acid groups (broad SMARTS) is 1. The maximum atomic E-state index is 11.4. The van der Waals surface area contributed by atoms with Crippen LogP contribution >= 0.6 is 11.6 Å². The van der Waals surface area contributed by atoms with Crippen molar-refractivity contribution >= 4 is 23.3 Å². The molecule has 1 fully saturated rings. The maximum absolute atomic E-state index is 11.4. The summed E-state index contributed by atoms with van der Waals surface area (Å²) in [5.41, 5.74) is -0.0581. The van der Waals surface area contributed by atoms with E-state index in [2.05, 4.69) is 5.32 Å². The van der Waals surface area contributed by atoms with Crippen molar-refractivity contribution in [3.8, 4) is 6.07 Å². The van der Waals surface area contributed by atoms with Gasteiger partial charge in [0.05, 0.1) is 11.3 Å². The van der Waals surface area contributed by atoms with Crippen LogP contribution in [0.5, 0.6) is 0 Å². The molecule has 0 unspecified atom stereocenters. The van der Waals surface area contributed by atoms with Gasteiger partial charge in [0.15, 0.2) is 0 Å². The molecule has 0 heterocycles. The number of carboxylic acids is 1. The second-order valence-electron chi connectivity index (χ2n) is 4.52. The molecule has 5 heteroatoms. The molecule has 2 N–H and O–H groups in total. The molecule has 4 nitrogen and oxygen atoms in total. The molecule has 18 heavy (non-hydrogen) atoms. The fourth-order valence-electron chi connectivity index (χ4n) is 2.35. The fraction of sp³-hybridized carbons (Fsp3) is 0.385. The summed E-state index contributed by atoms with van der Waals surface area (Å²) < 4.78 is 0. The topological polar surface area (TPSA) is 73.1 Å². The highest BCUT2D eigenvalue weighted by Crippen LogP contribution is 2.35. The van der Waals surface area contributed by atoms with E-state index in [4.69, 9.17) is 16.9 Å². The second-order valence-corrected chi connectivity index (χ2v) is 4.96. The highest BCUT2D eigenvalue weighted by atomic mass is 35.5. The number of halogens is 1. The highest BCUT2D eigenvalue weighted by molar-refractivity contribution is 6.30. The van der Waals surface area contributed by atoms with Gasteiger partial charge in [-0.15, -0.1) is 0 Å². The average Bonchev–Trinajstić information content (AvgIpc) is 2.79. The molecule has 1 aromatic rings. The van der Waals surface area contributed by atoms with E-state index in [-0.39, 0.29) is 0 Å². The van der Waals surface area contributed by atoms with Crippen molar-refractivity contribution in [1.29, 1.82) is 5.26 Å². The van der Waals surface area contributed by atoms with Crippen molar-refractivity contribution in [3.05, 3.63) is 28.8 Å². The smallest absolute Gasteiger partial charge is 0.329 e. The Hall–Kier alpha value is -1.73. The lowest BCUT2D eigenvalue weighted by molar-refractivity contribution is -0.142. The molecule has 0 aromatic heterocycles. The first kappa shape index (κ1) is 12.7. The summed E-state index contributed by atoms with van der Waals surface area (Å²) in [5, 5.41) is 21.9. The zero-order valence-electron chi connectivity index (χ0n) is 9.74. The number of aliphatic carboxylic acids is 1. The van der Waals surface area contributed by atoms with Gasteiger partial charge in [0.25, 0.3) is 0 Å². The number of hydrogen-bond acceptors (Lipinski definition) is 3. The van der Waals surface area contributed by atoms with Crippen LogP contribution in [0.25, 0.3) is 0 Å². The van der Waals surface area contributed by atoms with Crippen molar-refractivity contribution in [1.82, 2.24) is 0 Å². The zero-order chi connectivity index (χ0) is 13.2. The van der Waals surface area contributed by atoms with Crippen LogP contribution in [0.2, 0.25) is 5.02 Å². The monoisotopic (exact) mass is 264 g/mol. The number of nitrogens with one attached hydrogen (secondary N) is 1. The number of hydrogen-bond donors (Lipinski definition) is 2. The van der Waals surface area contributed by atoms with E-state index < -0.39 is 11.5 Å². The lowest BCUT2D eigenvalue weighted by atomic mass is 9.96. The first-order valence-corrected chi connectivity index (χ1v) is 6.16.